The smallest absolute Gasteiger partial charge is 0.291 e. The van der Waals surface area contributed by atoms with Crippen molar-refractivity contribution in [3.8, 4) is 0 Å². The van der Waals surface area contributed by atoms with Crippen molar-refractivity contribution >= 4 is 33.8 Å². The highest BCUT2D eigenvalue weighted by molar-refractivity contribution is 7.16. The number of carbonyl (C=O) groups is 1. The van der Waals surface area contributed by atoms with Crippen LogP contribution in [0.25, 0.3) is 0 Å². The molecule has 1 saturated heterocycles. The van der Waals surface area contributed by atoms with Crippen molar-refractivity contribution in [1.82, 2.24) is 4.90 Å². The van der Waals surface area contributed by atoms with Gasteiger partial charge in [-0.3, -0.25) is 9.69 Å². The molecule has 152 valence electrons. The number of rotatable bonds is 5. The van der Waals surface area contributed by atoms with E-state index in [9.17, 15) is 4.79 Å². The summed E-state index contributed by atoms with van der Waals surface area (Å²) in [7, 11) is 0. The average Bonchev–Trinajstić information content (AvgIpc) is 3.35. The lowest BCUT2D eigenvalue weighted by Crippen LogP contribution is -2.35. The van der Waals surface area contributed by atoms with Gasteiger partial charge in [0.1, 0.15) is 5.00 Å². The topological polar surface area (TPSA) is 45.5 Å². The van der Waals surface area contributed by atoms with Gasteiger partial charge in [0.05, 0.1) is 12.3 Å². The second kappa shape index (κ2) is 8.74. The fourth-order valence-corrected chi connectivity index (χ4v) is 5.23. The summed E-state index contributed by atoms with van der Waals surface area (Å²) in [5.74, 6) is 0.103. The van der Waals surface area contributed by atoms with Gasteiger partial charge in [-0.25, -0.2) is 0 Å². The summed E-state index contributed by atoms with van der Waals surface area (Å²) in [4.78, 5) is 16.4. The molecule has 1 fully saturated rings. The number of nitrogens with one attached hydrogen (secondary N) is 1. The quantitative estimate of drug-likeness (QED) is 0.508. The van der Waals surface area contributed by atoms with Crippen LogP contribution in [-0.2, 0) is 0 Å². The Hall–Kier alpha value is -2.08. The second-order valence-electron chi connectivity index (χ2n) is 7.51. The summed E-state index contributed by atoms with van der Waals surface area (Å²) < 4.78 is 5.29. The molecule has 1 amide bonds. The van der Waals surface area contributed by atoms with Crippen LogP contribution in [0.3, 0.4) is 0 Å². The van der Waals surface area contributed by atoms with Gasteiger partial charge in [-0.2, -0.15) is 0 Å². The van der Waals surface area contributed by atoms with E-state index in [0.717, 1.165) is 23.1 Å². The van der Waals surface area contributed by atoms with Gasteiger partial charge in [-0.15, -0.1) is 11.3 Å². The molecular formula is C23H25ClN2O2S. The van der Waals surface area contributed by atoms with E-state index < -0.39 is 0 Å². The first-order valence-electron chi connectivity index (χ1n) is 9.99. The number of benzene rings is 1. The molecule has 0 radical (unpaired) electrons. The number of hydrogen-bond acceptors (Lipinski definition) is 4. The number of amides is 1. The number of halogens is 1. The Bertz CT molecular complexity index is 973. The fraction of sp³-hybridized carbons (Fsp3) is 0.348. The van der Waals surface area contributed by atoms with Crippen LogP contribution >= 0.6 is 22.9 Å². The number of carbonyl (C=O) groups excluding carboxylic acids is 1. The van der Waals surface area contributed by atoms with Crippen molar-refractivity contribution in [3.63, 3.8) is 0 Å². The largest absolute Gasteiger partial charge is 0.459 e. The van der Waals surface area contributed by atoms with E-state index in [1.54, 1.807) is 23.5 Å². The summed E-state index contributed by atoms with van der Waals surface area (Å²) >= 11 is 7.79. The first kappa shape index (κ1) is 20.2. The molecule has 4 nitrogen and oxygen atoms in total. The lowest BCUT2D eigenvalue weighted by atomic mass is 9.93. The average molecular weight is 429 g/mol. The first-order valence-corrected chi connectivity index (χ1v) is 11.2. The highest BCUT2D eigenvalue weighted by atomic mass is 35.5. The zero-order valence-electron chi connectivity index (χ0n) is 16.7. The van der Waals surface area contributed by atoms with Crippen LogP contribution < -0.4 is 5.32 Å². The maximum Gasteiger partial charge on any atom is 0.291 e. The third kappa shape index (κ3) is 4.27. The number of thiophene rings is 1. The maximum absolute atomic E-state index is 12.7. The van der Waals surface area contributed by atoms with Crippen molar-refractivity contribution in [2.75, 3.05) is 18.4 Å². The predicted octanol–water partition coefficient (Wildman–Crippen LogP) is 6.44. The van der Waals surface area contributed by atoms with Gasteiger partial charge in [0.2, 0.25) is 0 Å². The van der Waals surface area contributed by atoms with Gasteiger partial charge in [0.15, 0.2) is 5.76 Å². The molecule has 2 aromatic heterocycles. The number of anilines is 1. The predicted molar refractivity (Wildman–Crippen MR) is 119 cm³/mol. The summed E-state index contributed by atoms with van der Waals surface area (Å²) in [6.45, 7) is 6.36. The van der Waals surface area contributed by atoms with Gasteiger partial charge in [-0.1, -0.05) is 30.2 Å². The molecule has 4 rings (SSSR count). The Morgan fingerprint density at radius 2 is 1.86 bits per heavy atom. The van der Waals surface area contributed by atoms with Crippen molar-refractivity contribution in [1.29, 1.82) is 0 Å². The van der Waals surface area contributed by atoms with Gasteiger partial charge >= 0.3 is 0 Å². The number of furan rings is 1. The molecule has 3 aromatic rings. The Balaban J connectivity index is 1.77. The van der Waals surface area contributed by atoms with E-state index in [-0.39, 0.29) is 11.9 Å². The van der Waals surface area contributed by atoms with Gasteiger partial charge in [0, 0.05) is 15.5 Å². The molecule has 1 atom stereocenters. The lowest BCUT2D eigenvalue weighted by molar-refractivity contribution is 0.0996. The second-order valence-corrected chi connectivity index (χ2v) is 9.17. The minimum absolute atomic E-state index is 0.0874. The molecule has 6 heteroatoms. The normalized spacial score (nSPS) is 16.0. The minimum Gasteiger partial charge on any atom is -0.459 e. The Labute approximate surface area is 180 Å². The molecule has 0 aliphatic carbocycles. The van der Waals surface area contributed by atoms with Crippen LogP contribution in [-0.4, -0.2) is 23.9 Å². The van der Waals surface area contributed by atoms with E-state index >= 15 is 0 Å². The van der Waals surface area contributed by atoms with Crippen molar-refractivity contribution in [2.24, 2.45) is 0 Å². The summed E-state index contributed by atoms with van der Waals surface area (Å²) in [6.07, 6.45) is 5.18. The number of hydrogen-bond donors (Lipinski definition) is 1. The van der Waals surface area contributed by atoms with Crippen LogP contribution in [0.15, 0.2) is 47.1 Å². The van der Waals surface area contributed by atoms with E-state index in [4.69, 9.17) is 16.0 Å². The molecule has 0 spiro atoms. The third-order valence-corrected chi connectivity index (χ3v) is 7.01. The highest BCUT2D eigenvalue weighted by Crippen LogP contribution is 2.43. The minimum atomic E-state index is -0.217. The van der Waals surface area contributed by atoms with Crippen molar-refractivity contribution < 1.29 is 9.21 Å². The molecule has 0 unspecified atom stereocenters. The van der Waals surface area contributed by atoms with Gasteiger partial charge in [0.25, 0.3) is 5.91 Å². The maximum atomic E-state index is 12.7. The third-order valence-electron chi connectivity index (χ3n) is 5.62. The van der Waals surface area contributed by atoms with Crippen molar-refractivity contribution in [2.45, 2.75) is 39.2 Å². The molecule has 3 heterocycles. The van der Waals surface area contributed by atoms with Crippen LogP contribution in [0.4, 0.5) is 5.00 Å². The SMILES string of the molecule is Cc1sc(NC(=O)c2ccco2)c([C@H](c2ccc(Cl)cc2)N2CCCCC2)c1C. The Morgan fingerprint density at radius 3 is 2.52 bits per heavy atom. The zero-order valence-corrected chi connectivity index (χ0v) is 18.3. The van der Waals surface area contributed by atoms with Crippen LogP contribution in [0.1, 0.15) is 57.4 Å². The number of nitrogens with zero attached hydrogens (tertiary/aromatic N) is 1. The van der Waals surface area contributed by atoms with Gasteiger partial charge in [-0.05, 0) is 75.2 Å². The molecule has 29 heavy (non-hydrogen) atoms. The van der Waals surface area contributed by atoms with E-state index in [2.05, 4.69) is 36.2 Å². The summed E-state index contributed by atoms with van der Waals surface area (Å²) in [5, 5.41) is 4.74. The van der Waals surface area contributed by atoms with E-state index in [0.29, 0.717) is 5.76 Å². The number of piperidine rings is 1. The molecular weight excluding hydrogens is 404 g/mol. The van der Waals surface area contributed by atoms with Crippen LogP contribution in [0.5, 0.6) is 0 Å². The molecule has 0 saturated carbocycles. The monoisotopic (exact) mass is 428 g/mol. The summed E-state index contributed by atoms with van der Waals surface area (Å²) in [6, 6.07) is 11.6. The zero-order chi connectivity index (χ0) is 20.4. The molecule has 0 bridgehead atoms. The summed E-state index contributed by atoms with van der Waals surface area (Å²) in [5.41, 5.74) is 3.61. The highest BCUT2D eigenvalue weighted by Gasteiger charge is 2.30. The molecule has 1 N–H and O–H groups in total. The van der Waals surface area contributed by atoms with Crippen LogP contribution in [0.2, 0.25) is 5.02 Å². The number of likely N-dealkylation sites (tertiary alicyclic amines) is 1. The van der Waals surface area contributed by atoms with E-state index in [1.807, 2.05) is 12.1 Å². The van der Waals surface area contributed by atoms with Gasteiger partial charge < -0.3 is 9.73 Å². The van der Waals surface area contributed by atoms with Crippen LogP contribution in [0, 0.1) is 13.8 Å². The Morgan fingerprint density at radius 1 is 1.14 bits per heavy atom. The van der Waals surface area contributed by atoms with Crippen molar-refractivity contribution in [3.05, 3.63) is 75.0 Å². The lowest BCUT2D eigenvalue weighted by Gasteiger charge is -2.36. The standard InChI is InChI=1S/C23H25ClN2O2S/c1-15-16(2)29-23(25-22(27)19-7-6-14-28-19)20(15)21(26-12-4-3-5-13-26)17-8-10-18(24)11-9-17/h6-11,14,21H,3-5,12-13H2,1-2H3,(H,25,27)/t21-/m0/s1. The van der Waals surface area contributed by atoms with E-state index in [1.165, 1.54) is 47.1 Å². The molecule has 1 aromatic carbocycles. The molecule has 1 aliphatic heterocycles. The first-order chi connectivity index (χ1) is 14.0. The fourth-order valence-electron chi connectivity index (χ4n) is 4.02. The molecule has 1 aliphatic rings. The number of aryl methyl sites for hydroxylation is 1. The Kier molecular flexibility index (Phi) is 6.09.